The lowest BCUT2D eigenvalue weighted by molar-refractivity contribution is 0.606. The fourth-order valence-electron chi connectivity index (χ4n) is 2.92. The van der Waals surface area contributed by atoms with E-state index in [0.717, 1.165) is 40.4 Å². The van der Waals surface area contributed by atoms with Crippen LogP contribution in [0.25, 0.3) is 0 Å². The van der Waals surface area contributed by atoms with Gasteiger partial charge in [0.15, 0.2) is 0 Å². The molecule has 2 rings (SSSR count). The van der Waals surface area contributed by atoms with E-state index in [0.29, 0.717) is 5.56 Å². The normalized spacial score (nSPS) is 12.5. The number of benzene rings is 2. The largest absolute Gasteiger partial charge is 0.207 e. The Morgan fingerprint density at radius 1 is 1.05 bits per heavy atom. The predicted molar refractivity (Wildman–Crippen MR) is 91.4 cm³/mol. The Balaban J connectivity index is 2.58. The van der Waals surface area contributed by atoms with Crippen molar-refractivity contribution in [3.63, 3.8) is 0 Å². The maximum Gasteiger partial charge on any atom is 0.126 e. The molecule has 0 aliphatic carbocycles. The van der Waals surface area contributed by atoms with Crippen LogP contribution in [0.3, 0.4) is 0 Å². The van der Waals surface area contributed by atoms with Crippen molar-refractivity contribution in [2.75, 3.05) is 0 Å². The van der Waals surface area contributed by atoms with Gasteiger partial charge in [0.05, 0.1) is 0 Å². The average molecular weight is 367 g/mol. The van der Waals surface area contributed by atoms with Crippen LogP contribution in [0.4, 0.5) is 8.78 Å². The van der Waals surface area contributed by atoms with E-state index in [1.54, 1.807) is 19.1 Å². The zero-order valence-corrected chi connectivity index (χ0v) is 14.8. The zero-order chi connectivity index (χ0) is 16.3. The molecule has 3 heteroatoms. The first-order chi connectivity index (χ1) is 10.5. The Kier molecular flexibility index (Phi) is 5.74. The SMILES string of the molecule is CCCC(c1cc(F)c(C)cc1Br)c1ccc(F)cc1CC. The van der Waals surface area contributed by atoms with Crippen molar-refractivity contribution in [2.45, 2.75) is 46.0 Å². The third-order valence-electron chi connectivity index (χ3n) is 4.09. The first-order valence-corrected chi connectivity index (χ1v) is 8.51. The van der Waals surface area contributed by atoms with Crippen LogP contribution >= 0.6 is 15.9 Å². The van der Waals surface area contributed by atoms with E-state index in [4.69, 9.17) is 0 Å². The van der Waals surface area contributed by atoms with E-state index >= 15 is 0 Å². The van der Waals surface area contributed by atoms with E-state index in [1.807, 2.05) is 19.1 Å². The minimum absolute atomic E-state index is 0.0741. The van der Waals surface area contributed by atoms with Crippen molar-refractivity contribution >= 4 is 15.9 Å². The first kappa shape index (κ1) is 17.1. The molecule has 0 aromatic heterocycles. The van der Waals surface area contributed by atoms with E-state index in [1.165, 1.54) is 6.07 Å². The minimum atomic E-state index is -0.218. The second-order valence-electron chi connectivity index (χ2n) is 5.66. The summed E-state index contributed by atoms with van der Waals surface area (Å²) in [5.41, 5.74) is 3.65. The molecule has 0 aliphatic rings. The van der Waals surface area contributed by atoms with Gasteiger partial charge >= 0.3 is 0 Å². The number of aryl methyl sites for hydroxylation is 2. The zero-order valence-electron chi connectivity index (χ0n) is 13.2. The molecule has 0 spiro atoms. The molecular formula is C19H21BrF2. The van der Waals surface area contributed by atoms with Gasteiger partial charge in [-0.15, -0.1) is 0 Å². The van der Waals surface area contributed by atoms with E-state index < -0.39 is 0 Å². The lowest BCUT2D eigenvalue weighted by atomic mass is 9.84. The minimum Gasteiger partial charge on any atom is -0.207 e. The molecule has 0 amide bonds. The maximum absolute atomic E-state index is 14.0. The quantitative estimate of drug-likeness (QED) is 0.564. The van der Waals surface area contributed by atoms with Crippen LogP contribution in [0.5, 0.6) is 0 Å². The summed E-state index contributed by atoms with van der Waals surface area (Å²) >= 11 is 3.57. The van der Waals surface area contributed by atoms with Gasteiger partial charge in [0.1, 0.15) is 11.6 Å². The van der Waals surface area contributed by atoms with Crippen molar-refractivity contribution < 1.29 is 8.78 Å². The molecule has 1 atom stereocenters. The molecule has 22 heavy (non-hydrogen) atoms. The molecule has 1 unspecified atom stereocenters. The van der Waals surface area contributed by atoms with Gasteiger partial charge in [0, 0.05) is 10.4 Å². The topological polar surface area (TPSA) is 0 Å². The van der Waals surface area contributed by atoms with Gasteiger partial charge < -0.3 is 0 Å². The third kappa shape index (κ3) is 3.57. The van der Waals surface area contributed by atoms with Crippen LogP contribution in [-0.2, 0) is 6.42 Å². The standard InChI is InChI=1S/C19H21BrF2/c1-4-6-16(15-8-7-14(21)10-13(15)5-2)17-11-19(22)12(3)9-18(17)20/h7-11,16H,4-6H2,1-3H3. The summed E-state index contributed by atoms with van der Waals surface area (Å²) < 4.78 is 28.5. The van der Waals surface area contributed by atoms with Crippen molar-refractivity contribution in [1.82, 2.24) is 0 Å². The van der Waals surface area contributed by atoms with Crippen molar-refractivity contribution in [3.8, 4) is 0 Å². The Hall–Kier alpha value is -1.22. The first-order valence-electron chi connectivity index (χ1n) is 7.71. The number of hydrogen-bond acceptors (Lipinski definition) is 0. The molecular weight excluding hydrogens is 346 g/mol. The maximum atomic E-state index is 14.0. The molecule has 0 saturated carbocycles. The molecule has 0 fully saturated rings. The van der Waals surface area contributed by atoms with Crippen LogP contribution in [0.1, 0.15) is 54.9 Å². The smallest absolute Gasteiger partial charge is 0.126 e. The summed E-state index contributed by atoms with van der Waals surface area (Å²) in [6.07, 6.45) is 2.64. The number of halogens is 3. The second kappa shape index (κ2) is 7.36. The van der Waals surface area contributed by atoms with Gasteiger partial charge in [-0.2, -0.15) is 0 Å². The molecule has 0 aliphatic heterocycles. The van der Waals surface area contributed by atoms with E-state index in [9.17, 15) is 8.78 Å². The summed E-state index contributed by atoms with van der Waals surface area (Å²) in [7, 11) is 0. The highest BCUT2D eigenvalue weighted by atomic mass is 79.9. The summed E-state index contributed by atoms with van der Waals surface area (Å²) in [5.74, 6) is -0.338. The summed E-state index contributed by atoms with van der Waals surface area (Å²) in [6.45, 7) is 5.89. The van der Waals surface area contributed by atoms with Crippen LogP contribution < -0.4 is 0 Å². The molecule has 0 nitrogen and oxygen atoms in total. The third-order valence-corrected chi connectivity index (χ3v) is 4.78. The van der Waals surface area contributed by atoms with E-state index in [2.05, 4.69) is 22.9 Å². The Morgan fingerprint density at radius 3 is 2.41 bits per heavy atom. The predicted octanol–water partition coefficient (Wildman–Crippen LogP) is 6.53. The monoisotopic (exact) mass is 366 g/mol. The number of rotatable bonds is 5. The highest BCUT2D eigenvalue weighted by Crippen LogP contribution is 2.37. The summed E-state index contributed by atoms with van der Waals surface area (Å²) in [6, 6.07) is 8.37. The summed E-state index contributed by atoms with van der Waals surface area (Å²) in [4.78, 5) is 0. The van der Waals surface area contributed by atoms with Gasteiger partial charge in [-0.1, -0.05) is 42.3 Å². The molecule has 0 heterocycles. The fourth-order valence-corrected chi connectivity index (χ4v) is 3.65. The van der Waals surface area contributed by atoms with E-state index in [-0.39, 0.29) is 17.6 Å². The Bertz CT molecular complexity index is 665. The lowest BCUT2D eigenvalue weighted by Crippen LogP contribution is -2.07. The molecule has 2 aromatic rings. The average Bonchev–Trinajstić information content (AvgIpc) is 2.49. The van der Waals surface area contributed by atoms with Gasteiger partial charge in [0.25, 0.3) is 0 Å². The van der Waals surface area contributed by atoms with Crippen LogP contribution in [0.15, 0.2) is 34.8 Å². The number of hydrogen-bond donors (Lipinski definition) is 0. The van der Waals surface area contributed by atoms with Crippen LogP contribution in [0.2, 0.25) is 0 Å². The van der Waals surface area contributed by atoms with Crippen LogP contribution in [-0.4, -0.2) is 0 Å². The van der Waals surface area contributed by atoms with Gasteiger partial charge in [-0.05, 0) is 66.3 Å². The molecule has 118 valence electrons. The summed E-state index contributed by atoms with van der Waals surface area (Å²) in [5, 5.41) is 0. The Labute approximate surface area is 139 Å². The van der Waals surface area contributed by atoms with Crippen molar-refractivity contribution in [2.24, 2.45) is 0 Å². The Morgan fingerprint density at radius 2 is 1.77 bits per heavy atom. The molecule has 0 radical (unpaired) electrons. The van der Waals surface area contributed by atoms with Gasteiger partial charge in [0.2, 0.25) is 0 Å². The molecule has 0 N–H and O–H groups in total. The van der Waals surface area contributed by atoms with Gasteiger partial charge in [-0.3, -0.25) is 0 Å². The second-order valence-corrected chi connectivity index (χ2v) is 6.52. The van der Waals surface area contributed by atoms with Gasteiger partial charge in [-0.25, -0.2) is 8.78 Å². The lowest BCUT2D eigenvalue weighted by Gasteiger charge is -2.22. The molecule has 2 aromatic carbocycles. The molecule has 0 bridgehead atoms. The van der Waals surface area contributed by atoms with Crippen LogP contribution in [0, 0.1) is 18.6 Å². The highest BCUT2D eigenvalue weighted by Gasteiger charge is 2.20. The van der Waals surface area contributed by atoms with Crippen molar-refractivity contribution in [3.05, 3.63) is 68.7 Å². The molecule has 0 saturated heterocycles. The highest BCUT2D eigenvalue weighted by molar-refractivity contribution is 9.10. The fraction of sp³-hybridized carbons (Fsp3) is 0.368. The van der Waals surface area contributed by atoms with Crippen molar-refractivity contribution in [1.29, 1.82) is 0 Å².